The number of thiophene rings is 1. The summed E-state index contributed by atoms with van der Waals surface area (Å²) in [5, 5.41) is 8.25. The Bertz CT molecular complexity index is 481. The third kappa shape index (κ3) is 2.06. The predicted molar refractivity (Wildman–Crippen MR) is 67.0 cm³/mol. The minimum atomic E-state index is -1.15. The molecule has 0 atom stereocenters. The maximum atomic E-state index is 13.7. The van der Waals surface area contributed by atoms with Gasteiger partial charge in [0.1, 0.15) is 4.88 Å². The van der Waals surface area contributed by atoms with E-state index < -0.39 is 29.4 Å². The Morgan fingerprint density at radius 3 is 2.22 bits per heavy atom. The largest absolute Gasteiger partial charge is 0.498 e. The summed E-state index contributed by atoms with van der Waals surface area (Å²) in [5.41, 5.74) is -0.999. The lowest BCUT2D eigenvalue weighted by Crippen LogP contribution is -2.41. The van der Waals surface area contributed by atoms with Crippen LogP contribution in [0.25, 0.3) is 0 Å². The van der Waals surface area contributed by atoms with E-state index in [1.54, 1.807) is 0 Å². The average Bonchev–Trinajstić information content (AvgIpc) is 2.66. The van der Waals surface area contributed by atoms with Crippen LogP contribution in [0.15, 0.2) is 6.07 Å². The quantitative estimate of drug-likeness (QED) is 0.835. The third-order valence-electron chi connectivity index (χ3n) is 3.43. The Balaban J connectivity index is 2.32. The number of halogens is 1. The topological polar surface area (TPSA) is 55.8 Å². The van der Waals surface area contributed by atoms with Gasteiger partial charge < -0.3 is 14.4 Å². The molecule has 2 heterocycles. The van der Waals surface area contributed by atoms with Crippen LogP contribution in [0, 0.1) is 5.13 Å². The molecule has 2 rings (SSSR count). The summed E-state index contributed by atoms with van der Waals surface area (Å²) in [5.74, 6) is -1.15. The molecule has 0 radical (unpaired) electrons. The lowest BCUT2D eigenvalue weighted by atomic mass is 9.81. The molecule has 1 fully saturated rings. The molecule has 1 saturated heterocycles. The molecule has 1 aromatic heterocycles. The third-order valence-corrected chi connectivity index (χ3v) is 4.36. The Morgan fingerprint density at radius 2 is 1.83 bits per heavy atom. The molecule has 1 N–H and O–H groups in total. The van der Waals surface area contributed by atoms with Gasteiger partial charge in [0.2, 0.25) is 0 Å². The van der Waals surface area contributed by atoms with Crippen molar-refractivity contribution in [3.8, 4) is 0 Å². The van der Waals surface area contributed by atoms with Gasteiger partial charge in [0, 0.05) is 5.46 Å². The van der Waals surface area contributed by atoms with Crippen LogP contribution in [-0.2, 0) is 9.31 Å². The van der Waals surface area contributed by atoms with Crippen LogP contribution in [0.2, 0.25) is 0 Å². The second-order valence-electron chi connectivity index (χ2n) is 5.23. The Labute approximate surface area is 109 Å². The van der Waals surface area contributed by atoms with Crippen LogP contribution >= 0.6 is 11.3 Å². The van der Waals surface area contributed by atoms with E-state index in [-0.39, 0.29) is 10.3 Å². The van der Waals surface area contributed by atoms with Crippen molar-refractivity contribution in [3.05, 3.63) is 16.1 Å². The van der Waals surface area contributed by atoms with Crippen molar-refractivity contribution in [2.45, 2.75) is 38.9 Å². The highest BCUT2D eigenvalue weighted by molar-refractivity contribution is 7.13. The molecule has 0 spiro atoms. The van der Waals surface area contributed by atoms with E-state index in [0.29, 0.717) is 11.3 Å². The van der Waals surface area contributed by atoms with Crippen molar-refractivity contribution in [1.82, 2.24) is 0 Å². The summed E-state index contributed by atoms with van der Waals surface area (Å²) in [4.78, 5) is 10.7. The van der Waals surface area contributed by atoms with Crippen LogP contribution in [0.5, 0.6) is 0 Å². The molecule has 1 aliphatic heterocycles. The van der Waals surface area contributed by atoms with E-state index in [4.69, 9.17) is 14.4 Å². The highest BCUT2D eigenvalue weighted by Crippen LogP contribution is 2.37. The van der Waals surface area contributed by atoms with Gasteiger partial charge in [-0.2, -0.15) is 4.39 Å². The van der Waals surface area contributed by atoms with Crippen molar-refractivity contribution >= 4 is 29.9 Å². The minimum Gasteiger partial charge on any atom is -0.477 e. The fourth-order valence-corrected chi connectivity index (χ4v) is 2.36. The van der Waals surface area contributed by atoms with Gasteiger partial charge in [0.05, 0.1) is 11.2 Å². The maximum absolute atomic E-state index is 13.7. The first-order valence-corrected chi connectivity index (χ1v) is 6.34. The maximum Gasteiger partial charge on any atom is 0.498 e. The van der Waals surface area contributed by atoms with Gasteiger partial charge in [-0.05, 0) is 33.8 Å². The molecule has 1 aromatic rings. The fourth-order valence-electron chi connectivity index (χ4n) is 1.62. The molecule has 0 saturated carbocycles. The zero-order valence-corrected chi connectivity index (χ0v) is 11.4. The zero-order chi connectivity index (χ0) is 13.7. The van der Waals surface area contributed by atoms with Crippen LogP contribution in [0.4, 0.5) is 4.39 Å². The van der Waals surface area contributed by atoms with Crippen LogP contribution in [0.1, 0.15) is 37.4 Å². The van der Waals surface area contributed by atoms with Gasteiger partial charge in [-0.3, -0.25) is 0 Å². The van der Waals surface area contributed by atoms with Crippen molar-refractivity contribution in [2.75, 3.05) is 0 Å². The molecule has 18 heavy (non-hydrogen) atoms. The first-order valence-electron chi connectivity index (χ1n) is 5.52. The SMILES string of the molecule is CC1(C)OB(c2cc(C(=O)O)sc2F)OC1(C)C. The van der Waals surface area contributed by atoms with Crippen molar-refractivity contribution in [3.63, 3.8) is 0 Å². The first kappa shape index (κ1) is 13.5. The summed E-state index contributed by atoms with van der Waals surface area (Å²) in [7, 11) is -0.862. The van der Waals surface area contributed by atoms with Gasteiger partial charge in [-0.25, -0.2) is 4.79 Å². The van der Waals surface area contributed by atoms with E-state index in [1.807, 2.05) is 27.7 Å². The Hall–Kier alpha value is -0.915. The molecule has 0 aromatic carbocycles. The van der Waals surface area contributed by atoms with Gasteiger partial charge in [0.25, 0.3) is 0 Å². The van der Waals surface area contributed by atoms with Gasteiger partial charge >= 0.3 is 13.1 Å². The summed E-state index contributed by atoms with van der Waals surface area (Å²) in [6.45, 7) is 7.43. The highest BCUT2D eigenvalue weighted by Gasteiger charge is 2.52. The van der Waals surface area contributed by atoms with E-state index in [9.17, 15) is 9.18 Å². The average molecular weight is 272 g/mol. The molecule has 0 bridgehead atoms. The van der Waals surface area contributed by atoms with Crippen molar-refractivity contribution < 1.29 is 23.6 Å². The normalized spacial score (nSPS) is 21.3. The van der Waals surface area contributed by atoms with Crippen LogP contribution in [0.3, 0.4) is 0 Å². The summed E-state index contributed by atoms with van der Waals surface area (Å²) < 4.78 is 25.1. The van der Waals surface area contributed by atoms with E-state index in [0.717, 1.165) is 0 Å². The highest BCUT2D eigenvalue weighted by atomic mass is 32.1. The van der Waals surface area contributed by atoms with Gasteiger partial charge in [-0.1, -0.05) is 11.3 Å². The predicted octanol–water partition coefficient (Wildman–Crippen LogP) is 1.88. The Morgan fingerprint density at radius 1 is 1.33 bits per heavy atom. The second kappa shape index (κ2) is 4.04. The second-order valence-corrected chi connectivity index (χ2v) is 6.24. The molecular weight excluding hydrogens is 258 g/mol. The number of hydrogen-bond donors (Lipinski definition) is 1. The first-order chi connectivity index (χ1) is 8.14. The molecule has 0 amide bonds. The number of carbonyl (C=O) groups is 1. The van der Waals surface area contributed by atoms with E-state index in [2.05, 4.69) is 0 Å². The van der Waals surface area contributed by atoms with Crippen molar-refractivity contribution in [1.29, 1.82) is 0 Å². The molecule has 4 nitrogen and oxygen atoms in total. The number of rotatable bonds is 2. The number of carboxylic acid groups (broad SMARTS) is 1. The number of hydrogen-bond acceptors (Lipinski definition) is 4. The minimum absolute atomic E-state index is 0.0581. The Kier molecular flexibility index (Phi) is 3.04. The number of carboxylic acids is 1. The molecule has 0 unspecified atom stereocenters. The summed E-state index contributed by atoms with van der Waals surface area (Å²) in [6, 6.07) is 1.27. The summed E-state index contributed by atoms with van der Waals surface area (Å²) in [6.07, 6.45) is 0. The molecule has 0 aliphatic carbocycles. The smallest absolute Gasteiger partial charge is 0.477 e. The van der Waals surface area contributed by atoms with Crippen LogP contribution in [-0.4, -0.2) is 29.4 Å². The van der Waals surface area contributed by atoms with E-state index in [1.165, 1.54) is 6.07 Å². The standard InChI is InChI=1S/C11H14BFO4S/c1-10(2)11(3,4)17-12(16-10)6-5-7(9(14)15)18-8(6)13/h5H,1-4H3,(H,14,15). The lowest BCUT2D eigenvalue weighted by Gasteiger charge is -2.32. The molecule has 98 valence electrons. The van der Waals surface area contributed by atoms with Crippen LogP contribution < -0.4 is 5.46 Å². The zero-order valence-electron chi connectivity index (χ0n) is 10.6. The van der Waals surface area contributed by atoms with Crippen molar-refractivity contribution in [2.24, 2.45) is 0 Å². The molecule has 1 aliphatic rings. The monoisotopic (exact) mass is 272 g/mol. The summed E-state index contributed by atoms with van der Waals surface area (Å²) >= 11 is 0.583. The van der Waals surface area contributed by atoms with E-state index >= 15 is 0 Å². The molecule has 7 heteroatoms. The molecular formula is C11H14BFO4S. The number of aromatic carboxylic acids is 1. The lowest BCUT2D eigenvalue weighted by molar-refractivity contribution is 0.00578. The fraction of sp³-hybridized carbons (Fsp3) is 0.545. The van der Waals surface area contributed by atoms with Gasteiger partial charge in [-0.15, -0.1) is 0 Å². The van der Waals surface area contributed by atoms with Gasteiger partial charge in [0.15, 0.2) is 5.13 Å².